The summed E-state index contributed by atoms with van der Waals surface area (Å²) in [5.74, 6) is 0. The lowest BCUT2D eigenvalue weighted by Gasteiger charge is -2.42. The number of nitrogens with one attached hydrogen (secondary N) is 2. The topological polar surface area (TPSA) is 104 Å². The number of alkyl carbamates (subject to hydrolysis) is 2. The molecule has 0 heterocycles. The fraction of sp³-hybridized carbons (Fsp3) is 0.900. The fourth-order valence-corrected chi connectivity index (χ4v) is 19.2. The minimum Gasteiger partial charge on any atom is -0.446 e. The predicted molar refractivity (Wildman–Crippen MR) is 140 cm³/mol. The number of hydrogen-bond acceptors (Lipinski definition) is 7. The predicted octanol–water partition coefficient (Wildman–Crippen LogP) is 4.73. The number of hydrogen-bond donors (Lipinski definition) is 2. The zero-order valence-electron chi connectivity index (χ0n) is 22.3. The summed E-state index contributed by atoms with van der Waals surface area (Å²) in [6.45, 7) is 21.0. The molecule has 0 fully saturated rings. The Morgan fingerprint density at radius 2 is 1.24 bits per heavy atom. The number of amides is 2. The van der Waals surface area contributed by atoms with Gasteiger partial charge >= 0.3 is 29.3 Å². The zero-order valence-corrected chi connectivity index (χ0v) is 26.3. The van der Waals surface area contributed by atoms with Gasteiger partial charge in [0.15, 0.2) is 8.32 Å². The van der Waals surface area contributed by atoms with Gasteiger partial charge in [-0.2, -0.15) is 0 Å². The lowest BCUT2D eigenvalue weighted by Crippen LogP contribution is -2.57. The largest absolute Gasteiger partial charge is 0.446 e. The molecule has 0 rings (SSSR count). The van der Waals surface area contributed by atoms with E-state index >= 15 is 0 Å². The van der Waals surface area contributed by atoms with Crippen molar-refractivity contribution in [1.29, 1.82) is 0 Å². The molecule has 3 atom stereocenters. The second kappa shape index (κ2) is 15.3. The highest BCUT2D eigenvalue weighted by molar-refractivity contribution is 6.87. The Balaban J connectivity index is 5.64. The summed E-state index contributed by atoms with van der Waals surface area (Å²) in [7, 11) is -7.27. The van der Waals surface area contributed by atoms with Gasteiger partial charge in [-0.3, -0.25) is 0 Å². The van der Waals surface area contributed by atoms with Crippen LogP contribution in [0.3, 0.4) is 0 Å². The normalized spacial score (nSPS) is 15.8. The van der Waals surface area contributed by atoms with Crippen molar-refractivity contribution >= 4 is 47.4 Å². The molecule has 0 saturated heterocycles. The van der Waals surface area contributed by atoms with Gasteiger partial charge in [0.05, 0.1) is 0 Å². The molecule has 9 nitrogen and oxygen atoms in total. The lowest BCUT2D eigenvalue weighted by atomic mass is 10.3. The molecule has 0 aliphatic heterocycles. The van der Waals surface area contributed by atoms with Crippen molar-refractivity contribution in [2.45, 2.75) is 104 Å². The van der Waals surface area contributed by atoms with Crippen LogP contribution in [0.4, 0.5) is 9.59 Å². The van der Waals surface area contributed by atoms with Gasteiger partial charge in [-0.15, -0.1) is 0 Å². The van der Waals surface area contributed by atoms with Crippen molar-refractivity contribution in [3.05, 3.63) is 0 Å². The molecule has 0 saturated carbocycles. The lowest BCUT2D eigenvalue weighted by molar-refractivity contribution is 0.0999. The summed E-state index contributed by atoms with van der Waals surface area (Å²) in [5.41, 5.74) is 0. The Morgan fingerprint density at radius 3 is 1.64 bits per heavy atom. The maximum Gasteiger partial charge on any atom is 0.407 e. The van der Waals surface area contributed by atoms with Crippen LogP contribution in [0.2, 0.25) is 51.4 Å². The molecule has 2 amide bonds. The molecule has 2 radical (unpaired) electrons. The SMILES string of the molecule is CCNC(=O)OC(CC)C[Si](C)(C)O[Si](C)(CC(CC)OC(=O)NCC)O[Si](C)(C)O[Si]C. The Hall–Kier alpha value is -0.712. The third kappa shape index (κ3) is 14.3. The zero-order chi connectivity index (χ0) is 25.7. The summed E-state index contributed by atoms with van der Waals surface area (Å²) in [6, 6.07) is 1.16. The van der Waals surface area contributed by atoms with Crippen molar-refractivity contribution < 1.29 is 31.4 Å². The van der Waals surface area contributed by atoms with E-state index in [-0.39, 0.29) is 12.2 Å². The van der Waals surface area contributed by atoms with E-state index in [1.165, 1.54) is 0 Å². The van der Waals surface area contributed by atoms with Gasteiger partial charge in [-0.05, 0) is 66.0 Å². The van der Waals surface area contributed by atoms with Crippen molar-refractivity contribution in [3.63, 3.8) is 0 Å². The minimum absolute atomic E-state index is 0.233. The molecule has 0 bridgehead atoms. The van der Waals surface area contributed by atoms with Crippen molar-refractivity contribution in [1.82, 2.24) is 10.6 Å². The molecule has 0 aromatic rings. The Bertz CT molecular complexity index is 599. The van der Waals surface area contributed by atoms with Gasteiger partial charge in [0.1, 0.15) is 12.2 Å². The molecule has 0 aliphatic carbocycles. The first-order valence-corrected chi connectivity index (χ1v) is 21.8. The highest BCUT2D eigenvalue weighted by atomic mass is 28.5. The average Bonchev–Trinajstić information content (AvgIpc) is 2.65. The standard InChI is InChI=1S/C20H46N2O7Si4/c1-11-17(25-19(23)21-13-3)15-31(6,7)28-33(10,29-32(8,9)27-30-5)16-18(12-2)26-20(24)22-14-4/h17-18H,11-16H2,1-10H3,(H,21,23)(H,22,24). The van der Waals surface area contributed by atoms with Crippen molar-refractivity contribution in [3.8, 4) is 0 Å². The summed E-state index contributed by atoms with van der Waals surface area (Å²) < 4.78 is 30.7. The van der Waals surface area contributed by atoms with E-state index in [1.807, 2.05) is 53.9 Å². The fourth-order valence-electron chi connectivity index (χ4n) is 3.69. The molecule has 2 N–H and O–H groups in total. The van der Waals surface area contributed by atoms with Crippen LogP contribution in [0.1, 0.15) is 40.5 Å². The van der Waals surface area contributed by atoms with Gasteiger partial charge in [-0.25, -0.2) is 9.59 Å². The number of ether oxygens (including phenoxy) is 2. The molecule has 3 unspecified atom stereocenters. The third-order valence-electron chi connectivity index (χ3n) is 4.72. The third-order valence-corrected chi connectivity index (χ3v) is 17.8. The van der Waals surface area contributed by atoms with Crippen LogP contribution in [0.15, 0.2) is 0 Å². The first kappa shape index (κ1) is 32.3. The smallest absolute Gasteiger partial charge is 0.407 e. The monoisotopic (exact) mass is 538 g/mol. The molecule has 13 heteroatoms. The quantitative estimate of drug-likeness (QED) is 0.274. The Morgan fingerprint density at radius 1 is 0.788 bits per heavy atom. The molecular formula is C20H46N2O7Si4. The maximum atomic E-state index is 12.1. The van der Waals surface area contributed by atoms with Crippen LogP contribution < -0.4 is 10.6 Å². The van der Waals surface area contributed by atoms with Crippen molar-refractivity contribution in [2.75, 3.05) is 13.1 Å². The summed E-state index contributed by atoms with van der Waals surface area (Å²) in [6.07, 6.45) is -0.0259. The van der Waals surface area contributed by atoms with Crippen LogP contribution in [0.5, 0.6) is 0 Å². The summed E-state index contributed by atoms with van der Waals surface area (Å²) >= 11 is 0. The molecule has 0 aromatic heterocycles. The van der Waals surface area contributed by atoms with Crippen LogP contribution in [0, 0.1) is 0 Å². The molecule has 0 aromatic carbocycles. The highest BCUT2D eigenvalue weighted by Gasteiger charge is 2.46. The second-order valence-electron chi connectivity index (χ2n) is 9.14. The van der Waals surface area contributed by atoms with E-state index < -0.39 is 37.6 Å². The average molecular weight is 539 g/mol. The van der Waals surface area contributed by atoms with Crippen LogP contribution >= 0.6 is 0 Å². The minimum atomic E-state index is -2.82. The Labute approximate surface area is 206 Å². The van der Waals surface area contributed by atoms with E-state index in [9.17, 15) is 9.59 Å². The summed E-state index contributed by atoms with van der Waals surface area (Å²) in [4.78, 5) is 24.0. The molecule has 194 valence electrons. The maximum absolute atomic E-state index is 12.1. The summed E-state index contributed by atoms with van der Waals surface area (Å²) in [5, 5.41) is 5.37. The molecule has 0 aliphatic rings. The highest BCUT2D eigenvalue weighted by Crippen LogP contribution is 2.30. The second-order valence-corrected chi connectivity index (χ2v) is 21.4. The van der Waals surface area contributed by atoms with E-state index in [0.29, 0.717) is 47.8 Å². The van der Waals surface area contributed by atoms with Gasteiger partial charge in [0.25, 0.3) is 0 Å². The number of carbonyl (C=O) groups is 2. The van der Waals surface area contributed by atoms with E-state index in [2.05, 4.69) is 23.7 Å². The first-order valence-electron chi connectivity index (χ1n) is 11.9. The number of rotatable bonds is 16. The molecule has 0 spiro atoms. The van der Waals surface area contributed by atoms with Crippen LogP contribution in [-0.2, 0) is 21.8 Å². The van der Waals surface area contributed by atoms with E-state index in [0.717, 1.165) is 0 Å². The van der Waals surface area contributed by atoms with Gasteiger partial charge in [0.2, 0.25) is 9.76 Å². The molecular weight excluding hydrogens is 493 g/mol. The van der Waals surface area contributed by atoms with E-state index in [4.69, 9.17) is 21.8 Å². The van der Waals surface area contributed by atoms with Crippen LogP contribution in [0.25, 0.3) is 0 Å². The van der Waals surface area contributed by atoms with Crippen LogP contribution in [-0.4, -0.2) is 72.7 Å². The van der Waals surface area contributed by atoms with Gasteiger partial charge < -0.3 is 32.5 Å². The van der Waals surface area contributed by atoms with Crippen molar-refractivity contribution in [2.24, 2.45) is 0 Å². The first-order chi connectivity index (χ1) is 15.2. The van der Waals surface area contributed by atoms with E-state index in [1.54, 1.807) is 0 Å². The van der Waals surface area contributed by atoms with Gasteiger partial charge in [0, 0.05) is 25.2 Å². The Kier molecular flexibility index (Phi) is 15.0. The number of carbonyl (C=O) groups excluding carboxylic acids is 2. The van der Waals surface area contributed by atoms with Gasteiger partial charge in [-0.1, -0.05) is 13.8 Å². The molecule has 33 heavy (non-hydrogen) atoms.